The Morgan fingerprint density at radius 1 is 1.37 bits per heavy atom. The van der Waals surface area contributed by atoms with Gasteiger partial charge in [-0.1, -0.05) is 0 Å². The number of nitrogens with one attached hydrogen (secondary N) is 2. The summed E-state index contributed by atoms with van der Waals surface area (Å²) in [5, 5.41) is 6.78. The normalized spacial score (nSPS) is 29.0. The zero-order valence-corrected chi connectivity index (χ0v) is 16.3. The van der Waals surface area contributed by atoms with Gasteiger partial charge in [-0.2, -0.15) is 0 Å². The molecule has 3 fully saturated rings. The van der Waals surface area contributed by atoms with E-state index >= 15 is 0 Å². The second kappa shape index (κ2) is 7.33. The minimum atomic E-state index is -0.415. The predicted octanol–water partition coefficient (Wildman–Crippen LogP) is -0.271. The second-order valence-corrected chi connectivity index (χ2v) is 8.64. The summed E-state index contributed by atoms with van der Waals surface area (Å²) in [6, 6.07) is 1.82. The highest BCUT2D eigenvalue weighted by molar-refractivity contribution is 5.86. The topological polar surface area (TPSA) is 82.6 Å². The van der Waals surface area contributed by atoms with Crippen molar-refractivity contribution in [3.8, 4) is 0 Å². The van der Waals surface area contributed by atoms with Crippen LogP contribution in [0.1, 0.15) is 13.8 Å². The second-order valence-electron chi connectivity index (χ2n) is 8.64. The molecular formula is C19H30N6O2. The first kappa shape index (κ1) is 18.6. The van der Waals surface area contributed by atoms with Crippen LogP contribution in [0.4, 0.5) is 5.95 Å². The van der Waals surface area contributed by atoms with Crippen molar-refractivity contribution in [3.05, 3.63) is 18.5 Å². The van der Waals surface area contributed by atoms with Crippen molar-refractivity contribution >= 4 is 11.9 Å². The van der Waals surface area contributed by atoms with Gasteiger partial charge >= 0.3 is 0 Å². The summed E-state index contributed by atoms with van der Waals surface area (Å²) in [4.78, 5) is 26.7. The first-order valence-corrected chi connectivity index (χ1v) is 9.84. The van der Waals surface area contributed by atoms with Crippen LogP contribution < -0.4 is 15.5 Å². The molecule has 0 radical (unpaired) electrons. The molecule has 3 aliphatic heterocycles. The van der Waals surface area contributed by atoms with Crippen LogP contribution in [0.3, 0.4) is 0 Å². The largest absolute Gasteiger partial charge is 0.379 e. The molecule has 3 saturated heterocycles. The van der Waals surface area contributed by atoms with E-state index in [1.165, 1.54) is 0 Å². The fraction of sp³-hybridized carbons (Fsp3) is 0.737. The molecule has 0 bridgehead atoms. The van der Waals surface area contributed by atoms with E-state index in [2.05, 4.69) is 44.2 Å². The van der Waals surface area contributed by atoms with E-state index < -0.39 is 5.41 Å². The molecule has 27 heavy (non-hydrogen) atoms. The lowest BCUT2D eigenvalue weighted by atomic mass is 9.79. The highest BCUT2D eigenvalue weighted by Crippen LogP contribution is 2.40. The number of morpholine rings is 1. The molecule has 8 nitrogen and oxygen atoms in total. The third kappa shape index (κ3) is 3.79. The fourth-order valence-electron chi connectivity index (χ4n) is 4.64. The lowest BCUT2D eigenvalue weighted by molar-refractivity contribution is -0.132. The molecule has 2 atom stereocenters. The molecule has 2 N–H and O–H groups in total. The summed E-state index contributed by atoms with van der Waals surface area (Å²) >= 11 is 0. The first-order chi connectivity index (χ1) is 13.0. The summed E-state index contributed by atoms with van der Waals surface area (Å²) in [5.41, 5.74) is -0.700. The van der Waals surface area contributed by atoms with E-state index in [0.29, 0.717) is 19.0 Å². The average Bonchev–Trinajstić information content (AvgIpc) is 3.21. The predicted molar refractivity (Wildman–Crippen MR) is 103 cm³/mol. The average molecular weight is 374 g/mol. The standard InChI is InChI=1S/C19H30N6O2/c1-18(2,13-24-6-8-27-9-7-24)23-16(26)19-12-20-10-15(19)11-25(14-19)17-21-4-3-5-22-17/h3-5,15,20H,6-14H2,1-2H3,(H,23,26)/t15-,19-/m1/s1. The van der Waals surface area contributed by atoms with Gasteiger partial charge in [0.25, 0.3) is 0 Å². The molecule has 3 aliphatic rings. The number of ether oxygens (including phenoxy) is 1. The van der Waals surface area contributed by atoms with Crippen molar-refractivity contribution in [2.45, 2.75) is 19.4 Å². The zero-order chi connectivity index (χ0) is 18.9. The van der Waals surface area contributed by atoms with E-state index in [1.54, 1.807) is 12.4 Å². The number of rotatable bonds is 5. The van der Waals surface area contributed by atoms with Crippen molar-refractivity contribution in [2.75, 3.05) is 63.9 Å². The summed E-state index contributed by atoms with van der Waals surface area (Å²) in [6.07, 6.45) is 3.51. The maximum absolute atomic E-state index is 13.4. The Kier molecular flexibility index (Phi) is 5.05. The van der Waals surface area contributed by atoms with E-state index in [4.69, 9.17) is 4.74 Å². The lowest BCUT2D eigenvalue weighted by Crippen LogP contribution is -2.58. The van der Waals surface area contributed by atoms with E-state index in [1.807, 2.05) is 6.07 Å². The highest BCUT2D eigenvalue weighted by atomic mass is 16.5. The van der Waals surface area contributed by atoms with Gasteiger partial charge in [-0.05, 0) is 19.9 Å². The van der Waals surface area contributed by atoms with Crippen molar-refractivity contribution in [3.63, 3.8) is 0 Å². The first-order valence-electron chi connectivity index (χ1n) is 9.84. The minimum absolute atomic E-state index is 0.147. The number of fused-ring (bicyclic) bond motifs is 1. The maximum Gasteiger partial charge on any atom is 0.230 e. The SMILES string of the molecule is CC(C)(CN1CCOCC1)NC(=O)[C@@]12CNC[C@@H]1CN(c1ncccn1)C2. The maximum atomic E-state index is 13.4. The Bertz CT molecular complexity index is 663. The third-order valence-corrected chi connectivity index (χ3v) is 5.99. The van der Waals surface area contributed by atoms with Gasteiger partial charge in [0, 0.05) is 69.7 Å². The van der Waals surface area contributed by atoms with Gasteiger partial charge in [-0.3, -0.25) is 9.69 Å². The summed E-state index contributed by atoms with van der Waals surface area (Å²) in [6.45, 7) is 11.5. The van der Waals surface area contributed by atoms with Gasteiger partial charge in [0.1, 0.15) is 0 Å². The molecule has 0 spiro atoms. The molecule has 1 aromatic heterocycles. The fourth-order valence-corrected chi connectivity index (χ4v) is 4.64. The highest BCUT2D eigenvalue weighted by Gasteiger charge is 2.56. The molecule has 0 saturated carbocycles. The van der Waals surface area contributed by atoms with Crippen LogP contribution in [0.25, 0.3) is 0 Å². The quantitative estimate of drug-likeness (QED) is 0.734. The zero-order valence-electron chi connectivity index (χ0n) is 16.3. The molecular weight excluding hydrogens is 344 g/mol. The third-order valence-electron chi connectivity index (χ3n) is 5.99. The molecule has 4 rings (SSSR count). The van der Waals surface area contributed by atoms with Gasteiger partial charge in [0.15, 0.2) is 0 Å². The minimum Gasteiger partial charge on any atom is -0.379 e. The van der Waals surface area contributed by atoms with E-state index in [-0.39, 0.29) is 17.4 Å². The van der Waals surface area contributed by atoms with Crippen LogP contribution in [-0.2, 0) is 9.53 Å². The van der Waals surface area contributed by atoms with Crippen LogP contribution in [0, 0.1) is 11.3 Å². The number of carbonyl (C=O) groups is 1. The number of nitrogens with zero attached hydrogens (tertiary/aromatic N) is 4. The Balaban J connectivity index is 1.44. The molecule has 0 aromatic carbocycles. The van der Waals surface area contributed by atoms with E-state index in [0.717, 1.165) is 45.9 Å². The summed E-state index contributed by atoms with van der Waals surface area (Å²) in [5.74, 6) is 1.14. The van der Waals surface area contributed by atoms with Gasteiger partial charge in [0.2, 0.25) is 11.9 Å². The molecule has 1 aromatic rings. The van der Waals surface area contributed by atoms with Crippen molar-refractivity contribution < 1.29 is 9.53 Å². The molecule has 1 amide bonds. The number of hydrogen-bond acceptors (Lipinski definition) is 7. The van der Waals surface area contributed by atoms with Crippen molar-refractivity contribution in [1.82, 2.24) is 25.5 Å². The van der Waals surface area contributed by atoms with Gasteiger partial charge < -0.3 is 20.3 Å². The number of anilines is 1. The van der Waals surface area contributed by atoms with Crippen LogP contribution >= 0.6 is 0 Å². The summed E-state index contributed by atoms with van der Waals surface area (Å²) in [7, 11) is 0. The Hall–Kier alpha value is -1.77. The Labute approximate surface area is 160 Å². The van der Waals surface area contributed by atoms with Crippen molar-refractivity contribution in [1.29, 1.82) is 0 Å². The van der Waals surface area contributed by atoms with Crippen LogP contribution in [0.5, 0.6) is 0 Å². The van der Waals surface area contributed by atoms with Gasteiger partial charge in [-0.15, -0.1) is 0 Å². The van der Waals surface area contributed by atoms with Crippen LogP contribution in [-0.4, -0.2) is 85.3 Å². The number of carbonyl (C=O) groups excluding carboxylic acids is 1. The lowest BCUT2D eigenvalue weighted by Gasteiger charge is -2.38. The molecule has 4 heterocycles. The van der Waals surface area contributed by atoms with Gasteiger partial charge in [-0.25, -0.2) is 9.97 Å². The molecule has 8 heteroatoms. The summed E-state index contributed by atoms with van der Waals surface area (Å²) < 4.78 is 5.43. The number of hydrogen-bond donors (Lipinski definition) is 2. The smallest absolute Gasteiger partial charge is 0.230 e. The van der Waals surface area contributed by atoms with Crippen LogP contribution in [0.2, 0.25) is 0 Å². The van der Waals surface area contributed by atoms with Crippen molar-refractivity contribution in [2.24, 2.45) is 11.3 Å². The van der Waals surface area contributed by atoms with Crippen LogP contribution in [0.15, 0.2) is 18.5 Å². The number of aromatic nitrogens is 2. The number of amides is 1. The van der Waals surface area contributed by atoms with E-state index in [9.17, 15) is 4.79 Å². The molecule has 0 unspecified atom stereocenters. The molecule has 148 valence electrons. The van der Waals surface area contributed by atoms with Gasteiger partial charge in [0.05, 0.1) is 18.6 Å². The monoisotopic (exact) mass is 374 g/mol. The Morgan fingerprint density at radius 3 is 2.85 bits per heavy atom. The Morgan fingerprint density at radius 2 is 2.11 bits per heavy atom. The molecule has 0 aliphatic carbocycles.